The summed E-state index contributed by atoms with van der Waals surface area (Å²) in [6.45, 7) is 3.01. The first kappa shape index (κ1) is 10.7. The van der Waals surface area contributed by atoms with E-state index in [0.29, 0.717) is 12.2 Å². The van der Waals surface area contributed by atoms with E-state index in [1.165, 1.54) is 12.8 Å². The molecule has 0 aromatic carbocycles. The molecule has 1 atom stereocenters. The van der Waals surface area contributed by atoms with E-state index < -0.39 is 0 Å². The van der Waals surface area contributed by atoms with E-state index in [0.717, 1.165) is 32.3 Å². The molecule has 13 heavy (non-hydrogen) atoms. The monoisotopic (exact) mass is 184 g/mol. The lowest BCUT2D eigenvalue weighted by Gasteiger charge is -2.07. The lowest BCUT2D eigenvalue weighted by molar-refractivity contribution is -0.121. The summed E-state index contributed by atoms with van der Waals surface area (Å²) >= 11 is 0. The Morgan fingerprint density at radius 3 is 2.92 bits per heavy atom. The molecule has 1 fully saturated rings. The van der Waals surface area contributed by atoms with E-state index in [1.54, 1.807) is 0 Å². The van der Waals surface area contributed by atoms with Crippen LogP contribution in [0.3, 0.4) is 0 Å². The molecule has 1 saturated heterocycles. The molecule has 1 heterocycles. The van der Waals surface area contributed by atoms with E-state index in [9.17, 15) is 4.79 Å². The van der Waals surface area contributed by atoms with E-state index >= 15 is 0 Å². The second kappa shape index (κ2) is 6.14. The smallest absolute Gasteiger partial charge is 0.135 e. The van der Waals surface area contributed by atoms with Crippen LogP contribution in [-0.4, -0.2) is 18.5 Å². The van der Waals surface area contributed by atoms with Gasteiger partial charge in [0, 0.05) is 19.4 Å². The quantitative estimate of drug-likeness (QED) is 0.593. The highest BCUT2D eigenvalue weighted by Crippen LogP contribution is 2.16. The van der Waals surface area contributed by atoms with Crippen LogP contribution in [0.25, 0.3) is 0 Å². The van der Waals surface area contributed by atoms with E-state index in [1.807, 2.05) is 0 Å². The normalized spacial score (nSPS) is 22.1. The Bertz CT molecular complexity index is 148. The van der Waals surface area contributed by atoms with Crippen molar-refractivity contribution in [2.75, 3.05) is 6.61 Å². The first-order chi connectivity index (χ1) is 6.33. The summed E-state index contributed by atoms with van der Waals surface area (Å²) in [6, 6.07) is 0. The summed E-state index contributed by atoms with van der Waals surface area (Å²) in [5.41, 5.74) is 0. The van der Waals surface area contributed by atoms with Gasteiger partial charge in [0.15, 0.2) is 0 Å². The Morgan fingerprint density at radius 2 is 2.31 bits per heavy atom. The van der Waals surface area contributed by atoms with Crippen molar-refractivity contribution in [3.8, 4) is 0 Å². The molecule has 1 aliphatic heterocycles. The molecular weight excluding hydrogens is 164 g/mol. The Morgan fingerprint density at radius 1 is 1.46 bits per heavy atom. The highest BCUT2D eigenvalue weighted by molar-refractivity contribution is 5.78. The number of hydrogen-bond acceptors (Lipinski definition) is 2. The first-order valence-corrected chi connectivity index (χ1v) is 5.46. The summed E-state index contributed by atoms with van der Waals surface area (Å²) in [7, 11) is 0. The van der Waals surface area contributed by atoms with Gasteiger partial charge in [0.25, 0.3) is 0 Å². The number of rotatable bonds is 6. The van der Waals surface area contributed by atoms with Crippen LogP contribution in [0, 0.1) is 0 Å². The van der Waals surface area contributed by atoms with Crippen LogP contribution >= 0.6 is 0 Å². The van der Waals surface area contributed by atoms with Crippen molar-refractivity contribution in [2.45, 2.75) is 58.0 Å². The van der Waals surface area contributed by atoms with Gasteiger partial charge in [0.2, 0.25) is 0 Å². The molecule has 0 N–H and O–H groups in total. The topological polar surface area (TPSA) is 26.3 Å². The third kappa shape index (κ3) is 4.41. The van der Waals surface area contributed by atoms with Gasteiger partial charge in [0.1, 0.15) is 5.78 Å². The average molecular weight is 184 g/mol. The maximum Gasteiger partial charge on any atom is 0.135 e. The third-order valence-corrected chi connectivity index (χ3v) is 2.54. The van der Waals surface area contributed by atoms with Crippen molar-refractivity contribution in [3.63, 3.8) is 0 Å². The summed E-state index contributed by atoms with van der Waals surface area (Å²) in [5.74, 6) is 0.389. The molecule has 76 valence electrons. The van der Waals surface area contributed by atoms with Gasteiger partial charge >= 0.3 is 0 Å². The predicted molar refractivity (Wildman–Crippen MR) is 52.7 cm³/mol. The zero-order chi connectivity index (χ0) is 9.52. The minimum atomic E-state index is 0.245. The SMILES string of the molecule is CCCCCC(=O)CC1CCCO1. The molecule has 0 amide bonds. The van der Waals surface area contributed by atoms with Gasteiger partial charge in [-0.05, 0) is 19.3 Å². The summed E-state index contributed by atoms with van der Waals surface area (Å²) in [5, 5.41) is 0. The molecule has 1 unspecified atom stereocenters. The molecule has 0 aromatic rings. The van der Waals surface area contributed by atoms with Crippen molar-refractivity contribution in [2.24, 2.45) is 0 Å². The van der Waals surface area contributed by atoms with Crippen molar-refractivity contribution in [1.29, 1.82) is 0 Å². The van der Waals surface area contributed by atoms with Crippen molar-refractivity contribution < 1.29 is 9.53 Å². The Hall–Kier alpha value is -0.370. The van der Waals surface area contributed by atoms with Gasteiger partial charge < -0.3 is 4.74 Å². The van der Waals surface area contributed by atoms with Crippen LogP contribution < -0.4 is 0 Å². The number of unbranched alkanes of at least 4 members (excludes halogenated alkanes) is 2. The Kier molecular flexibility index (Phi) is 5.06. The van der Waals surface area contributed by atoms with Crippen LogP contribution in [0.1, 0.15) is 51.9 Å². The maximum absolute atomic E-state index is 11.4. The fourth-order valence-corrected chi connectivity index (χ4v) is 1.73. The van der Waals surface area contributed by atoms with Gasteiger partial charge in [-0.25, -0.2) is 0 Å². The number of carbonyl (C=O) groups is 1. The third-order valence-electron chi connectivity index (χ3n) is 2.54. The predicted octanol–water partition coefficient (Wildman–Crippen LogP) is 2.70. The number of ether oxygens (including phenoxy) is 1. The number of carbonyl (C=O) groups excluding carboxylic acids is 1. The van der Waals surface area contributed by atoms with E-state index in [4.69, 9.17) is 4.74 Å². The van der Waals surface area contributed by atoms with Gasteiger partial charge in [-0.1, -0.05) is 19.8 Å². The van der Waals surface area contributed by atoms with E-state index in [2.05, 4.69) is 6.92 Å². The summed E-state index contributed by atoms with van der Waals surface area (Å²) in [6.07, 6.45) is 7.30. The zero-order valence-electron chi connectivity index (χ0n) is 8.55. The fourth-order valence-electron chi connectivity index (χ4n) is 1.73. The molecular formula is C11H20O2. The largest absolute Gasteiger partial charge is 0.378 e. The average Bonchev–Trinajstić information content (AvgIpc) is 2.57. The summed E-state index contributed by atoms with van der Waals surface area (Å²) in [4.78, 5) is 11.4. The molecule has 0 bridgehead atoms. The molecule has 1 aliphatic rings. The fraction of sp³-hybridized carbons (Fsp3) is 0.909. The lowest BCUT2D eigenvalue weighted by Crippen LogP contribution is -2.12. The highest BCUT2D eigenvalue weighted by Gasteiger charge is 2.18. The molecule has 2 nitrogen and oxygen atoms in total. The Balaban J connectivity index is 2.02. The molecule has 0 aliphatic carbocycles. The minimum Gasteiger partial charge on any atom is -0.378 e. The molecule has 2 heteroatoms. The van der Waals surface area contributed by atoms with Crippen molar-refractivity contribution in [3.05, 3.63) is 0 Å². The van der Waals surface area contributed by atoms with Crippen molar-refractivity contribution >= 4 is 5.78 Å². The van der Waals surface area contributed by atoms with Gasteiger partial charge in [0.05, 0.1) is 6.10 Å². The molecule has 0 radical (unpaired) electrons. The molecule has 1 rings (SSSR count). The van der Waals surface area contributed by atoms with Crippen LogP contribution in [0.15, 0.2) is 0 Å². The van der Waals surface area contributed by atoms with Crippen LogP contribution in [0.5, 0.6) is 0 Å². The Labute approximate surface area is 80.7 Å². The number of ketones is 1. The van der Waals surface area contributed by atoms with E-state index in [-0.39, 0.29) is 6.10 Å². The van der Waals surface area contributed by atoms with Crippen molar-refractivity contribution in [1.82, 2.24) is 0 Å². The maximum atomic E-state index is 11.4. The van der Waals surface area contributed by atoms with Crippen LogP contribution in [0.4, 0.5) is 0 Å². The van der Waals surface area contributed by atoms with Gasteiger partial charge in [-0.2, -0.15) is 0 Å². The second-order valence-electron chi connectivity index (χ2n) is 3.83. The first-order valence-electron chi connectivity index (χ1n) is 5.46. The zero-order valence-corrected chi connectivity index (χ0v) is 8.55. The van der Waals surface area contributed by atoms with Crippen LogP contribution in [0.2, 0.25) is 0 Å². The summed E-state index contributed by atoms with van der Waals surface area (Å²) < 4.78 is 5.41. The lowest BCUT2D eigenvalue weighted by atomic mass is 10.1. The van der Waals surface area contributed by atoms with Gasteiger partial charge in [-0.15, -0.1) is 0 Å². The standard InChI is InChI=1S/C11H20O2/c1-2-3-4-6-10(12)9-11-7-5-8-13-11/h11H,2-9H2,1H3. The number of Topliss-reactive ketones (excluding diaryl/α,β-unsaturated/α-hetero) is 1. The molecule has 0 spiro atoms. The second-order valence-corrected chi connectivity index (χ2v) is 3.83. The van der Waals surface area contributed by atoms with Crippen LogP contribution in [-0.2, 0) is 9.53 Å². The van der Waals surface area contributed by atoms with Gasteiger partial charge in [-0.3, -0.25) is 4.79 Å². The molecule has 0 aromatic heterocycles. The minimum absolute atomic E-state index is 0.245. The molecule has 0 saturated carbocycles. The number of hydrogen-bond donors (Lipinski definition) is 0. The highest BCUT2D eigenvalue weighted by atomic mass is 16.5.